The van der Waals surface area contributed by atoms with Crippen molar-refractivity contribution in [3.05, 3.63) is 76.5 Å². The van der Waals surface area contributed by atoms with Gasteiger partial charge in [0.05, 0.1) is 40.9 Å². The second kappa shape index (κ2) is 9.19. The number of carbonyl (C=O) groups excluding carboxylic acids is 1. The molecule has 0 bridgehead atoms. The lowest BCUT2D eigenvalue weighted by Crippen LogP contribution is -2.31. The number of likely N-dealkylation sites (tertiary alicyclic amines) is 1. The van der Waals surface area contributed by atoms with Gasteiger partial charge in [0.15, 0.2) is 0 Å². The third kappa shape index (κ3) is 4.69. The molecule has 1 aliphatic heterocycles. The molecule has 1 saturated heterocycles. The summed E-state index contributed by atoms with van der Waals surface area (Å²) in [5.41, 5.74) is 3.25. The topological polar surface area (TPSA) is 97.2 Å². The molecule has 176 valence electrons. The summed E-state index contributed by atoms with van der Waals surface area (Å²) in [6.45, 7) is 1.28. The van der Waals surface area contributed by atoms with E-state index in [1.807, 2.05) is 33.0 Å². The minimum atomic E-state index is -3.51. The second-order valence-electron chi connectivity index (χ2n) is 8.47. The predicted molar refractivity (Wildman–Crippen MR) is 133 cm³/mol. The molecule has 4 aromatic rings. The van der Waals surface area contributed by atoms with Gasteiger partial charge in [-0.1, -0.05) is 30.3 Å². The highest BCUT2D eigenvalue weighted by Crippen LogP contribution is 2.36. The summed E-state index contributed by atoms with van der Waals surface area (Å²) >= 11 is 1.55. The van der Waals surface area contributed by atoms with Crippen molar-refractivity contribution in [2.45, 2.75) is 31.8 Å². The number of nitrogens with zero attached hydrogens (tertiary/aromatic N) is 4. The standard InChI is InChI=1S/C24H25N5O3S2/c1-34(31,32)27-18-14-19(24(30)29-11-5-8-21(29)23-25-10-13-33-23)22-20(15-18)26-16-28(22)12-9-17-6-3-2-4-7-17/h2-4,6-7,10,13-16,21,27H,5,8-9,11-12H2,1H3/t21-/m1/s1. The molecule has 2 aromatic heterocycles. The lowest BCUT2D eigenvalue weighted by atomic mass is 10.1. The normalized spacial score (nSPS) is 16.3. The number of imidazole rings is 1. The highest BCUT2D eigenvalue weighted by molar-refractivity contribution is 7.92. The van der Waals surface area contributed by atoms with Crippen molar-refractivity contribution in [2.24, 2.45) is 0 Å². The number of benzene rings is 2. The Balaban J connectivity index is 1.55. The van der Waals surface area contributed by atoms with Gasteiger partial charge >= 0.3 is 0 Å². The molecule has 2 aromatic carbocycles. The molecule has 3 heterocycles. The van der Waals surface area contributed by atoms with Crippen LogP contribution in [0.15, 0.2) is 60.4 Å². The van der Waals surface area contributed by atoms with Crippen molar-refractivity contribution < 1.29 is 13.2 Å². The molecule has 8 nitrogen and oxygen atoms in total. The minimum absolute atomic E-state index is 0.0743. The molecule has 5 rings (SSSR count). The molecule has 1 N–H and O–H groups in total. The van der Waals surface area contributed by atoms with E-state index in [1.165, 1.54) is 5.56 Å². The van der Waals surface area contributed by atoms with Gasteiger partial charge in [-0.15, -0.1) is 11.3 Å². The quantitative estimate of drug-likeness (QED) is 0.417. The van der Waals surface area contributed by atoms with Crippen molar-refractivity contribution in [2.75, 3.05) is 17.5 Å². The number of fused-ring (bicyclic) bond motifs is 1. The van der Waals surface area contributed by atoms with Gasteiger partial charge in [-0.3, -0.25) is 9.52 Å². The van der Waals surface area contributed by atoms with Gasteiger partial charge in [0.2, 0.25) is 10.0 Å². The maximum atomic E-state index is 13.9. The van der Waals surface area contributed by atoms with E-state index in [9.17, 15) is 13.2 Å². The second-order valence-corrected chi connectivity index (χ2v) is 11.1. The zero-order valence-corrected chi connectivity index (χ0v) is 20.3. The molecule has 10 heteroatoms. The maximum Gasteiger partial charge on any atom is 0.256 e. The highest BCUT2D eigenvalue weighted by Gasteiger charge is 2.33. The SMILES string of the molecule is CS(=O)(=O)Nc1cc(C(=O)N2CCC[C@@H]2c2nccs2)c2c(c1)ncn2CCc1ccccc1. The van der Waals surface area contributed by atoms with Crippen LogP contribution in [0.2, 0.25) is 0 Å². The lowest BCUT2D eigenvalue weighted by Gasteiger charge is -2.24. The predicted octanol–water partition coefficient (Wildman–Crippen LogP) is 4.08. The fourth-order valence-corrected chi connectivity index (χ4v) is 5.86. The van der Waals surface area contributed by atoms with Crippen molar-refractivity contribution in [3.8, 4) is 0 Å². The largest absolute Gasteiger partial charge is 0.330 e. The fraction of sp³-hybridized carbons (Fsp3) is 0.292. The molecule has 1 aliphatic rings. The molecule has 0 unspecified atom stereocenters. The molecular weight excluding hydrogens is 470 g/mol. The van der Waals surface area contributed by atoms with Gasteiger partial charge in [0.1, 0.15) is 5.01 Å². The molecular formula is C24H25N5O3S2. The van der Waals surface area contributed by atoms with Crippen molar-refractivity contribution in [3.63, 3.8) is 0 Å². The Hall–Kier alpha value is -3.24. The lowest BCUT2D eigenvalue weighted by molar-refractivity contribution is 0.0737. The highest BCUT2D eigenvalue weighted by atomic mass is 32.2. The van der Waals surface area contributed by atoms with Crippen LogP contribution in [0.5, 0.6) is 0 Å². The number of hydrogen-bond acceptors (Lipinski definition) is 6. The van der Waals surface area contributed by atoms with Gasteiger partial charge < -0.3 is 9.47 Å². The summed E-state index contributed by atoms with van der Waals surface area (Å²) in [6, 6.07) is 13.4. The molecule has 0 saturated carbocycles. The monoisotopic (exact) mass is 495 g/mol. The van der Waals surface area contributed by atoms with Crippen LogP contribution in [0.3, 0.4) is 0 Å². The van der Waals surface area contributed by atoms with E-state index in [0.29, 0.717) is 35.4 Å². The summed E-state index contributed by atoms with van der Waals surface area (Å²) < 4.78 is 28.3. The number of carbonyl (C=O) groups is 1. The van der Waals surface area contributed by atoms with Crippen LogP contribution in [0.25, 0.3) is 11.0 Å². The molecule has 0 radical (unpaired) electrons. The first-order valence-corrected chi connectivity index (χ1v) is 13.9. The summed E-state index contributed by atoms with van der Waals surface area (Å²) in [5, 5.41) is 2.84. The number of amides is 1. The molecule has 1 amide bonds. The first-order chi connectivity index (χ1) is 16.4. The van der Waals surface area contributed by atoms with Crippen LogP contribution in [0.4, 0.5) is 5.69 Å². The number of nitrogens with one attached hydrogen (secondary N) is 1. The Morgan fingerprint density at radius 3 is 2.76 bits per heavy atom. The fourth-order valence-electron chi connectivity index (χ4n) is 4.53. The van der Waals surface area contributed by atoms with Crippen LogP contribution in [0.1, 0.15) is 39.8 Å². The first-order valence-electron chi connectivity index (χ1n) is 11.1. The smallest absolute Gasteiger partial charge is 0.256 e. The minimum Gasteiger partial charge on any atom is -0.330 e. The number of anilines is 1. The van der Waals surface area contributed by atoms with Crippen molar-refractivity contribution in [1.82, 2.24) is 19.4 Å². The maximum absolute atomic E-state index is 13.9. The van der Waals surface area contributed by atoms with Crippen LogP contribution in [-0.4, -0.2) is 46.6 Å². The Morgan fingerprint density at radius 2 is 2.03 bits per heavy atom. The van der Waals surface area contributed by atoms with E-state index >= 15 is 0 Å². The van der Waals surface area contributed by atoms with Gasteiger partial charge in [-0.05, 0) is 37.0 Å². The average molecular weight is 496 g/mol. The molecule has 1 atom stereocenters. The third-order valence-electron chi connectivity index (χ3n) is 5.98. The summed E-state index contributed by atoms with van der Waals surface area (Å²) in [6.07, 6.45) is 7.11. The Kier molecular flexibility index (Phi) is 6.09. The van der Waals surface area contributed by atoms with Crippen LogP contribution >= 0.6 is 11.3 Å². The molecule has 34 heavy (non-hydrogen) atoms. The summed E-state index contributed by atoms with van der Waals surface area (Å²) in [4.78, 5) is 24.7. The van der Waals surface area contributed by atoms with Gasteiger partial charge in [-0.2, -0.15) is 0 Å². The zero-order valence-electron chi connectivity index (χ0n) is 18.7. The van der Waals surface area contributed by atoms with Gasteiger partial charge in [-0.25, -0.2) is 18.4 Å². The summed E-state index contributed by atoms with van der Waals surface area (Å²) in [5.74, 6) is -0.138. The number of aromatic nitrogens is 3. The summed E-state index contributed by atoms with van der Waals surface area (Å²) in [7, 11) is -3.51. The number of sulfonamides is 1. The van der Waals surface area contributed by atoms with Crippen LogP contribution in [0, 0.1) is 0 Å². The van der Waals surface area contributed by atoms with E-state index < -0.39 is 10.0 Å². The number of hydrogen-bond donors (Lipinski definition) is 1. The van der Waals surface area contributed by atoms with Gasteiger partial charge in [0.25, 0.3) is 5.91 Å². The number of aryl methyl sites for hydroxylation is 2. The van der Waals surface area contributed by atoms with Crippen molar-refractivity contribution in [1.29, 1.82) is 0 Å². The Morgan fingerprint density at radius 1 is 1.21 bits per heavy atom. The van der Waals surface area contributed by atoms with E-state index in [4.69, 9.17) is 0 Å². The van der Waals surface area contributed by atoms with E-state index in [0.717, 1.165) is 30.5 Å². The number of thiazole rings is 1. The molecule has 0 spiro atoms. The molecule has 1 fully saturated rings. The van der Waals surface area contributed by atoms with E-state index in [-0.39, 0.29) is 11.9 Å². The molecule has 0 aliphatic carbocycles. The Bertz CT molecular complexity index is 1420. The first kappa shape index (κ1) is 22.5. The van der Waals surface area contributed by atoms with Crippen LogP contribution in [-0.2, 0) is 23.0 Å². The van der Waals surface area contributed by atoms with E-state index in [1.54, 1.807) is 36.0 Å². The average Bonchev–Trinajstić information content (AvgIpc) is 3.56. The third-order valence-corrected chi connectivity index (χ3v) is 7.46. The van der Waals surface area contributed by atoms with Crippen LogP contribution < -0.4 is 4.72 Å². The Labute approximate surface area is 202 Å². The number of rotatable bonds is 7. The van der Waals surface area contributed by atoms with Crippen molar-refractivity contribution >= 4 is 44.0 Å². The van der Waals surface area contributed by atoms with E-state index in [2.05, 4.69) is 26.8 Å². The van der Waals surface area contributed by atoms with Gasteiger partial charge in [0, 0.05) is 24.7 Å². The zero-order chi connectivity index (χ0) is 23.7.